The number of allylic oxidation sites excluding steroid dienone is 8. The van der Waals surface area contributed by atoms with E-state index in [-0.39, 0.29) is 5.41 Å². The minimum absolute atomic E-state index is 0.239. The van der Waals surface area contributed by atoms with Gasteiger partial charge in [0.25, 0.3) is 0 Å². The normalized spacial score (nSPS) is 21.1. The van der Waals surface area contributed by atoms with Gasteiger partial charge in [-0.25, -0.2) is 0 Å². The molecule has 0 saturated carbocycles. The van der Waals surface area contributed by atoms with E-state index >= 15 is 0 Å². The van der Waals surface area contributed by atoms with Gasteiger partial charge < -0.3 is 0 Å². The van der Waals surface area contributed by atoms with E-state index in [9.17, 15) is 0 Å². The highest BCUT2D eigenvalue weighted by atomic mass is 14.3. The molecule has 0 aromatic rings. The second kappa shape index (κ2) is 3.52. The molecular weight excluding hydrogens is 180 g/mol. The molecule has 15 heavy (non-hydrogen) atoms. The molecule has 0 saturated heterocycles. The fourth-order valence-corrected chi connectivity index (χ4v) is 2.40. The molecule has 0 atom stereocenters. The number of hydrogen-bond donors (Lipinski definition) is 0. The van der Waals surface area contributed by atoms with Crippen LogP contribution in [0.5, 0.6) is 0 Å². The van der Waals surface area contributed by atoms with Gasteiger partial charge in [-0.3, -0.25) is 0 Å². The summed E-state index contributed by atoms with van der Waals surface area (Å²) in [6.07, 6.45) is 11.6. The van der Waals surface area contributed by atoms with E-state index in [0.717, 1.165) is 12.8 Å². The molecular formula is C15H20. The first-order valence-corrected chi connectivity index (χ1v) is 5.76. The standard InChI is InChI=1S/C15H20/c1-11-5-7-13(9-11)15(3,4)14-8-6-12(2)10-14/h5-6,9-10H,7-8H2,1-4H3. The van der Waals surface area contributed by atoms with E-state index in [0.29, 0.717) is 0 Å². The van der Waals surface area contributed by atoms with Crippen molar-refractivity contribution in [1.82, 2.24) is 0 Å². The van der Waals surface area contributed by atoms with Gasteiger partial charge in [0.1, 0.15) is 0 Å². The monoisotopic (exact) mass is 200 g/mol. The molecule has 0 radical (unpaired) electrons. The smallest absolute Gasteiger partial charge is 0.00766 e. The lowest BCUT2D eigenvalue weighted by atomic mass is 9.76. The second-order valence-corrected chi connectivity index (χ2v) is 5.27. The fraction of sp³-hybridized carbons (Fsp3) is 0.467. The minimum atomic E-state index is 0.239. The van der Waals surface area contributed by atoms with Crippen LogP contribution >= 0.6 is 0 Å². The lowest BCUT2D eigenvalue weighted by Crippen LogP contribution is -2.16. The molecule has 0 spiro atoms. The quantitative estimate of drug-likeness (QED) is 0.612. The molecule has 0 aliphatic heterocycles. The summed E-state index contributed by atoms with van der Waals surface area (Å²) < 4.78 is 0. The Balaban J connectivity index is 2.22. The summed E-state index contributed by atoms with van der Waals surface area (Å²) in [6.45, 7) is 9.08. The Morgan fingerprint density at radius 3 is 1.53 bits per heavy atom. The second-order valence-electron chi connectivity index (χ2n) is 5.27. The highest BCUT2D eigenvalue weighted by Crippen LogP contribution is 2.43. The predicted molar refractivity (Wildman–Crippen MR) is 66.7 cm³/mol. The van der Waals surface area contributed by atoms with Crippen molar-refractivity contribution in [2.24, 2.45) is 5.41 Å². The van der Waals surface area contributed by atoms with Gasteiger partial charge in [-0.1, -0.05) is 60.4 Å². The van der Waals surface area contributed by atoms with Crippen LogP contribution in [-0.2, 0) is 0 Å². The summed E-state index contributed by atoms with van der Waals surface area (Å²) in [6, 6.07) is 0. The van der Waals surface area contributed by atoms with Crippen molar-refractivity contribution < 1.29 is 0 Å². The van der Waals surface area contributed by atoms with Crippen molar-refractivity contribution in [3.05, 3.63) is 46.6 Å². The van der Waals surface area contributed by atoms with Crippen LogP contribution in [0.4, 0.5) is 0 Å². The summed E-state index contributed by atoms with van der Waals surface area (Å²) in [5, 5.41) is 0. The largest absolute Gasteiger partial charge is 0.0775 e. The van der Waals surface area contributed by atoms with Crippen molar-refractivity contribution in [3.8, 4) is 0 Å². The Kier molecular flexibility index (Phi) is 2.46. The Morgan fingerprint density at radius 2 is 1.27 bits per heavy atom. The molecule has 0 bridgehead atoms. The van der Waals surface area contributed by atoms with Gasteiger partial charge in [-0.05, 0) is 26.7 Å². The lowest BCUT2D eigenvalue weighted by Gasteiger charge is -2.28. The Labute approximate surface area is 93.1 Å². The highest BCUT2D eigenvalue weighted by molar-refractivity contribution is 5.44. The van der Waals surface area contributed by atoms with Gasteiger partial charge in [0, 0.05) is 5.41 Å². The maximum absolute atomic E-state index is 2.36. The summed E-state index contributed by atoms with van der Waals surface area (Å²) in [4.78, 5) is 0. The van der Waals surface area contributed by atoms with Gasteiger partial charge in [0.05, 0.1) is 0 Å². The first-order chi connectivity index (χ1) is 7.00. The summed E-state index contributed by atoms with van der Waals surface area (Å²) >= 11 is 0. The van der Waals surface area contributed by atoms with E-state index in [1.807, 2.05) is 0 Å². The third-order valence-electron chi connectivity index (χ3n) is 3.70. The molecule has 2 aliphatic rings. The molecule has 0 aromatic heterocycles. The molecule has 2 rings (SSSR count). The van der Waals surface area contributed by atoms with E-state index in [4.69, 9.17) is 0 Å². The zero-order valence-electron chi connectivity index (χ0n) is 10.2. The maximum Gasteiger partial charge on any atom is 0.00766 e. The van der Waals surface area contributed by atoms with Crippen molar-refractivity contribution in [2.45, 2.75) is 40.5 Å². The molecule has 80 valence electrons. The maximum atomic E-state index is 2.36. The van der Waals surface area contributed by atoms with E-state index in [1.54, 1.807) is 11.1 Å². The Morgan fingerprint density at radius 1 is 0.867 bits per heavy atom. The fourth-order valence-electron chi connectivity index (χ4n) is 2.40. The van der Waals surface area contributed by atoms with Crippen LogP contribution in [0.15, 0.2) is 46.6 Å². The Hall–Kier alpha value is -1.04. The van der Waals surface area contributed by atoms with Crippen molar-refractivity contribution in [1.29, 1.82) is 0 Å². The highest BCUT2D eigenvalue weighted by Gasteiger charge is 2.29. The zero-order valence-corrected chi connectivity index (χ0v) is 10.2. The molecule has 0 heteroatoms. The molecule has 0 N–H and O–H groups in total. The zero-order chi connectivity index (χ0) is 11.1. The third kappa shape index (κ3) is 1.86. The molecule has 0 amide bonds. The third-order valence-corrected chi connectivity index (χ3v) is 3.70. The van der Waals surface area contributed by atoms with Crippen molar-refractivity contribution in [2.75, 3.05) is 0 Å². The minimum Gasteiger partial charge on any atom is -0.0775 e. The molecule has 0 aromatic carbocycles. The summed E-state index contributed by atoms with van der Waals surface area (Å²) in [5.74, 6) is 0. The lowest BCUT2D eigenvalue weighted by molar-refractivity contribution is 0.522. The van der Waals surface area contributed by atoms with Gasteiger partial charge in [-0.2, -0.15) is 0 Å². The topological polar surface area (TPSA) is 0 Å². The molecule has 0 heterocycles. The average Bonchev–Trinajstić information content (AvgIpc) is 2.74. The van der Waals surface area contributed by atoms with Crippen molar-refractivity contribution >= 4 is 0 Å². The summed E-state index contributed by atoms with van der Waals surface area (Å²) in [5.41, 5.74) is 6.20. The molecule has 2 aliphatic carbocycles. The van der Waals surface area contributed by atoms with Crippen LogP contribution < -0.4 is 0 Å². The van der Waals surface area contributed by atoms with Crippen LogP contribution in [-0.4, -0.2) is 0 Å². The van der Waals surface area contributed by atoms with Crippen LogP contribution in [0.2, 0.25) is 0 Å². The van der Waals surface area contributed by atoms with Crippen LogP contribution in [0, 0.1) is 5.41 Å². The Bertz CT molecular complexity index is 360. The average molecular weight is 200 g/mol. The van der Waals surface area contributed by atoms with E-state index in [1.165, 1.54) is 11.1 Å². The molecule has 0 nitrogen and oxygen atoms in total. The van der Waals surface area contributed by atoms with Crippen LogP contribution in [0.25, 0.3) is 0 Å². The van der Waals surface area contributed by atoms with Gasteiger partial charge in [-0.15, -0.1) is 0 Å². The van der Waals surface area contributed by atoms with E-state index in [2.05, 4.69) is 52.0 Å². The SMILES string of the molecule is CC1=CCC(C(C)(C)C2=CC(C)=CC2)=C1. The first kappa shape index (κ1) is 10.5. The number of hydrogen-bond acceptors (Lipinski definition) is 0. The van der Waals surface area contributed by atoms with Crippen LogP contribution in [0.3, 0.4) is 0 Å². The van der Waals surface area contributed by atoms with Gasteiger partial charge in [0.15, 0.2) is 0 Å². The number of rotatable bonds is 2. The predicted octanol–water partition coefficient (Wildman–Crippen LogP) is 4.57. The summed E-state index contributed by atoms with van der Waals surface area (Å²) in [7, 11) is 0. The van der Waals surface area contributed by atoms with Crippen LogP contribution in [0.1, 0.15) is 40.5 Å². The molecule has 0 fully saturated rings. The van der Waals surface area contributed by atoms with Crippen molar-refractivity contribution in [3.63, 3.8) is 0 Å². The van der Waals surface area contributed by atoms with Gasteiger partial charge in [0.2, 0.25) is 0 Å². The van der Waals surface area contributed by atoms with E-state index < -0.39 is 0 Å². The van der Waals surface area contributed by atoms with Gasteiger partial charge >= 0.3 is 0 Å². The first-order valence-electron chi connectivity index (χ1n) is 5.76. The molecule has 0 unspecified atom stereocenters.